The highest BCUT2D eigenvalue weighted by Crippen LogP contribution is 2.19. The molecule has 9 heteroatoms. The van der Waals surface area contributed by atoms with Gasteiger partial charge in [0.2, 0.25) is 0 Å². The fourth-order valence-corrected chi connectivity index (χ4v) is 2.36. The quantitative estimate of drug-likeness (QED) is 0.675. The summed E-state index contributed by atoms with van der Waals surface area (Å²) in [4.78, 5) is 26.3. The molecule has 2 rings (SSSR count). The molecule has 0 aliphatic rings. The number of carbonyl (C=O) groups excluding carboxylic acids is 1. The lowest BCUT2D eigenvalue weighted by molar-refractivity contribution is -0.140. The van der Waals surface area contributed by atoms with Gasteiger partial charge < -0.3 is 9.67 Å². The number of halogens is 3. The first kappa shape index (κ1) is 16.0. The zero-order valence-electron chi connectivity index (χ0n) is 10.9. The van der Waals surface area contributed by atoms with Crippen LogP contribution in [0.15, 0.2) is 29.9 Å². The van der Waals surface area contributed by atoms with Crippen molar-refractivity contribution in [3.63, 3.8) is 0 Å². The Kier molecular flexibility index (Phi) is 4.45. The molecule has 116 valence electrons. The molecule has 0 aliphatic heterocycles. The minimum absolute atomic E-state index is 0.00956. The van der Waals surface area contributed by atoms with Gasteiger partial charge in [0.05, 0.1) is 0 Å². The first-order valence-corrected chi connectivity index (χ1v) is 6.76. The molecule has 0 radical (unpaired) electrons. The minimum Gasteiger partial charge on any atom is -0.477 e. The van der Waals surface area contributed by atoms with E-state index < -0.39 is 24.5 Å². The summed E-state index contributed by atoms with van der Waals surface area (Å²) in [5, 5.41) is 10.1. The predicted octanol–water partition coefficient (Wildman–Crippen LogP) is 3.10. The Morgan fingerprint density at radius 1 is 1.41 bits per heavy atom. The number of allylic oxidation sites excluding steroid dienone is 1. The van der Waals surface area contributed by atoms with Gasteiger partial charge in [-0.25, -0.2) is 9.78 Å². The predicted molar refractivity (Wildman–Crippen MR) is 72.9 cm³/mol. The first-order chi connectivity index (χ1) is 10.3. The van der Waals surface area contributed by atoms with E-state index in [4.69, 9.17) is 5.11 Å². The number of hydrogen-bond acceptors (Lipinski definition) is 4. The number of ketones is 1. The van der Waals surface area contributed by atoms with Gasteiger partial charge in [-0.1, -0.05) is 0 Å². The van der Waals surface area contributed by atoms with Crippen molar-refractivity contribution < 1.29 is 27.9 Å². The molecule has 0 amide bonds. The molecular weight excluding hydrogens is 321 g/mol. The van der Waals surface area contributed by atoms with Crippen molar-refractivity contribution in [3.05, 3.63) is 46.2 Å². The molecule has 0 bridgehead atoms. The van der Waals surface area contributed by atoms with Gasteiger partial charge in [0, 0.05) is 23.3 Å². The molecule has 0 aliphatic carbocycles. The number of nitrogens with zero attached hydrogens (tertiary/aromatic N) is 2. The zero-order valence-corrected chi connectivity index (χ0v) is 11.7. The maximum atomic E-state index is 12.3. The molecule has 0 saturated heterocycles. The Morgan fingerprint density at radius 3 is 2.73 bits per heavy atom. The van der Waals surface area contributed by atoms with Crippen LogP contribution in [0.1, 0.15) is 25.9 Å². The number of thiophene rings is 1. The van der Waals surface area contributed by atoms with Crippen LogP contribution in [0.2, 0.25) is 0 Å². The number of hydrogen-bond donors (Lipinski definition) is 1. The molecule has 2 heterocycles. The molecule has 2 aromatic heterocycles. The van der Waals surface area contributed by atoms with Gasteiger partial charge in [0.25, 0.3) is 0 Å². The van der Waals surface area contributed by atoms with E-state index in [1.165, 1.54) is 17.6 Å². The smallest absolute Gasteiger partial charge is 0.406 e. The molecule has 0 unspecified atom stereocenters. The maximum Gasteiger partial charge on any atom is 0.406 e. The van der Waals surface area contributed by atoms with Crippen molar-refractivity contribution in [2.45, 2.75) is 12.7 Å². The van der Waals surface area contributed by atoms with Gasteiger partial charge in [-0.3, -0.25) is 4.79 Å². The molecule has 2 aromatic rings. The van der Waals surface area contributed by atoms with Gasteiger partial charge in [0.15, 0.2) is 5.78 Å². The zero-order chi connectivity index (χ0) is 16.3. The van der Waals surface area contributed by atoms with Crippen molar-refractivity contribution in [2.75, 3.05) is 0 Å². The van der Waals surface area contributed by atoms with Crippen molar-refractivity contribution in [1.82, 2.24) is 9.55 Å². The van der Waals surface area contributed by atoms with Crippen LogP contribution in [-0.2, 0) is 6.54 Å². The first-order valence-electron chi connectivity index (χ1n) is 5.88. The number of imidazole rings is 1. The summed E-state index contributed by atoms with van der Waals surface area (Å²) >= 11 is 0.896. The number of rotatable bonds is 5. The summed E-state index contributed by atoms with van der Waals surface area (Å²) in [6.45, 7) is -1.21. The SMILES string of the molecule is O=C(/C=C/c1nccn1CC(F)(F)F)c1csc(C(=O)O)c1. The van der Waals surface area contributed by atoms with E-state index in [0.717, 1.165) is 34.3 Å². The highest BCUT2D eigenvalue weighted by molar-refractivity contribution is 7.12. The second-order valence-corrected chi connectivity index (χ2v) is 5.14. The van der Waals surface area contributed by atoms with Gasteiger partial charge >= 0.3 is 12.1 Å². The Balaban J connectivity index is 2.13. The van der Waals surface area contributed by atoms with Crippen molar-refractivity contribution in [3.8, 4) is 0 Å². The summed E-state index contributed by atoms with van der Waals surface area (Å²) in [7, 11) is 0. The Morgan fingerprint density at radius 2 is 2.14 bits per heavy atom. The molecule has 0 atom stereocenters. The van der Waals surface area contributed by atoms with E-state index in [1.54, 1.807) is 0 Å². The lowest BCUT2D eigenvalue weighted by Gasteiger charge is -2.08. The third-order valence-corrected chi connectivity index (χ3v) is 3.49. The molecule has 0 fully saturated rings. The van der Waals surface area contributed by atoms with E-state index in [1.807, 2.05) is 0 Å². The van der Waals surface area contributed by atoms with Gasteiger partial charge in [0.1, 0.15) is 17.2 Å². The average Bonchev–Trinajstić information content (AvgIpc) is 3.03. The molecule has 0 spiro atoms. The van der Waals surface area contributed by atoms with Gasteiger partial charge in [-0.15, -0.1) is 11.3 Å². The second-order valence-electron chi connectivity index (χ2n) is 4.23. The number of carbonyl (C=O) groups is 2. The Labute approximate surface area is 126 Å². The van der Waals surface area contributed by atoms with E-state index in [-0.39, 0.29) is 16.3 Å². The number of aromatic carboxylic acids is 1. The third kappa shape index (κ3) is 4.04. The average molecular weight is 330 g/mol. The summed E-state index contributed by atoms with van der Waals surface area (Å²) in [6, 6.07) is 1.21. The Bertz CT molecular complexity index is 731. The highest BCUT2D eigenvalue weighted by atomic mass is 32.1. The van der Waals surface area contributed by atoms with Crippen LogP contribution in [-0.4, -0.2) is 32.6 Å². The fourth-order valence-electron chi connectivity index (χ4n) is 1.63. The monoisotopic (exact) mass is 330 g/mol. The topological polar surface area (TPSA) is 72.2 Å². The van der Waals surface area contributed by atoms with E-state index in [9.17, 15) is 22.8 Å². The minimum atomic E-state index is -4.39. The number of carboxylic acid groups (broad SMARTS) is 1. The van der Waals surface area contributed by atoms with Crippen LogP contribution in [0.25, 0.3) is 6.08 Å². The lowest BCUT2D eigenvalue weighted by Crippen LogP contribution is -2.18. The third-order valence-electron chi connectivity index (χ3n) is 2.58. The molecular formula is C13H9F3N2O3S. The molecule has 0 aromatic carbocycles. The van der Waals surface area contributed by atoms with E-state index >= 15 is 0 Å². The molecule has 0 saturated carbocycles. The highest BCUT2D eigenvalue weighted by Gasteiger charge is 2.28. The van der Waals surface area contributed by atoms with Crippen LogP contribution in [0.3, 0.4) is 0 Å². The van der Waals surface area contributed by atoms with E-state index in [2.05, 4.69) is 4.98 Å². The number of carboxylic acids is 1. The van der Waals surface area contributed by atoms with Crippen molar-refractivity contribution in [2.24, 2.45) is 0 Å². The maximum absolute atomic E-state index is 12.3. The van der Waals surface area contributed by atoms with Gasteiger partial charge in [-0.05, 0) is 18.2 Å². The lowest BCUT2D eigenvalue weighted by atomic mass is 10.2. The second kappa shape index (κ2) is 6.14. The normalized spacial score (nSPS) is 12.0. The summed E-state index contributed by atoms with van der Waals surface area (Å²) in [5.74, 6) is -1.67. The fraction of sp³-hybridized carbons (Fsp3) is 0.154. The van der Waals surface area contributed by atoms with Gasteiger partial charge in [-0.2, -0.15) is 13.2 Å². The summed E-state index contributed by atoms with van der Waals surface area (Å²) in [5.41, 5.74) is 0.160. The van der Waals surface area contributed by atoms with Crippen LogP contribution < -0.4 is 0 Å². The van der Waals surface area contributed by atoms with E-state index in [0.29, 0.717) is 0 Å². The van der Waals surface area contributed by atoms with Crippen LogP contribution in [0.4, 0.5) is 13.2 Å². The Hall–Kier alpha value is -2.42. The largest absolute Gasteiger partial charge is 0.477 e. The van der Waals surface area contributed by atoms with Crippen molar-refractivity contribution in [1.29, 1.82) is 0 Å². The van der Waals surface area contributed by atoms with Crippen LogP contribution in [0.5, 0.6) is 0 Å². The number of aromatic nitrogens is 2. The van der Waals surface area contributed by atoms with Crippen LogP contribution in [0, 0.1) is 0 Å². The summed E-state index contributed by atoms with van der Waals surface area (Å²) in [6.07, 6.45) is 0.180. The van der Waals surface area contributed by atoms with Crippen molar-refractivity contribution >= 4 is 29.2 Å². The summed E-state index contributed by atoms with van der Waals surface area (Å²) < 4.78 is 37.9. The molecule has 22 heavy (non-hydrogen) atoms. The number of alkyl halides is 3. The standard InChI is InChI=1S/C13H9F3N2O3S/c14-13(15,16)7-18-4-3-17-11(18)2-1-9(19)8-5-10(12(20)21)22-6-8/h1-6H,7H2,(H,20,21)/b2-1+. The molecule has 5 nitrogen and oxygen atoms in total. The van der Waals surface area contributed by atoms with Crippen LogP contribution >= 0.6 is 11.3 Å². The molecule has 1 N–H and O–H groups in total.